The van der Waals surface area contributed by atoms with E-state index in [0.29, 0.717) is 5.92 Å². The highest BCUT2D eigenvalue weighted by Gasteiger charge is 2.45. The fourth-order valence-electron chi connectivity index (χ4n) is 3.84. The average Bonchev–Trinajstić information content (AvgIpc) is 2.88. The zero-order chi connectivity index (χ0) is 13.7. The van der Waals surface area contributed by atoms with E-state index < -0.39 is 5.60 Å². The van der Waals surface area contributed by atoms with Crippen molar-refractivity contribution < 1.29 is 5.11 Å². The number of fused-ring (bicyclic) bond motifs is 3. The zero-order valence-electron chi connectivity index (χ0n) is 11.8. The maximum absolute atomic E-state index is 11.2. The summed E-state index contributed by atoms with van der Waals surface area (Å²) in [7, 11) is 0. The van der Waals surface area contributed by atoms with Crippen LogP contribution in [-0.2, 0) is 5.60 Å². The first-order valence-electron chi connectivity index (χ1n) is 7.48. The van der Waals surface area contributed by atoms with Crippen molar-refractivity contribution in [3.05, 3.63) is 41.6 Å². The van der Waals surface area contributed by atoms with Crippen LogP contribution in [0.2, 0.25) is 0 Å². The lowest BCUT2D eigenvalue weighted by molar-refractivity contribution is -0.0501. The molecule has 0 spiro atoms. The molecule has 20 heavy (non-hydrogen) atoms. The van der Waals surface area contributed by atoms with Crippen LogP contribution in [0.5, 0.6) is 0 Å². The molecule has 3 unspecified atom stereocenters. The molecule has 104 valence electrons. The molecule has 4 rings (SSSR count). The van der Waals surface area contributed by atoms with Crippen molar-refractivity contribution in [2.45, 2.75) is 25.4 Å². The molecule has 1 aromatic heterocycles. The van der Waals surface area contributed by atoms with Crippen LogP contribution in [0.4, 0.5) is 0 Å². The van der Waals surface area contributed by atoms with Crippen LogP contribution in [0.3, 0.4) is 0 Å². The molecule has 0 amide bonds. The van der Waals surface area contributed by atoms with E-state index in [2.05, 4.69) is 34.1 Å². The van der Waals surface area contributed by atoms with Crippen LogP contribution in [0, 0.1) is 12.8 Å². The van der Waals surface area contributed by atoms with Gasteiger partial charge in [0.2, 0.25) is 0 Å². The van der Waals surface area contributed by atoms with Crippen LogP contribution < -0.4 is 0 Å². The Balaban J connectivity index is 1.79. The number of hydrogen-bond donors (Lipinski definition) is 1. The summed E-state index contributed by atoms with van der Waals surface area (Å²) in [6.07, 6.45) is 1.96. The molecule has 1 aromatic carbocycles. The largest absolute Gasteiger partial charge is 0.385 e. The van der Waals surface area contributed by atoms with E-state index in [0.717, 1.165) is 54.6 Å². The fraction of sp³-hybridized carbons (Fsp3) is 0.471. The minimum atomic E-state index is -0.647. The molecule has 2 saturated heterocycles. The van der Waals surface area contributed by atoms with E-state index in [1.165, 1.54) is 0 Å². The smallest absolute Gasteiger partial charge is 0.0949 e. The average molecular weight is 268 g/mol. The summed E-state index contributed by atoms with van der Waals surface area (Å²) in [5.74, 6) is 0.382. The maximum atomic E-state index is 11.2. The van der Waals surface area contributed by atoms with Gasteiger partial charge in [0.15, 0.2) is 0 Å². The van der Waals surface area contributed by atoms with Crippen molar-refractivity contribution >= 4 is 10.9 Å². The summed E-state index contributed by atoms with van der Waals surface area (Å²) in [4.78, 5) is 7.01. The highest BCUT2D eigenvalue weighted by atomic mass is 16.3. The van der Waals surface area contributed by atoms with Crippen molar-refractivity contribution in [2.24, 2.45) is 5.92 Å². The third-order valence-electron chi connectivity index (χ3n) is 5.09. The predicted molar refractivity (Wildman–Crippen MR) is 79.5 cm³/mol. The summed E-state index contributed by atoms with van der Waals surface area (Å²) in [6.45, 7) is 5.20. The van der Waals surface area contributed by atoms with Gasteiger partial charge in [-0.2, -0.15) is 0 Å². The summed E-state index contributed by atoms with van der Waals surface area (Å²) in [6, 6.07) is 10.4. The van der Waals surface area contributed by atoms with Gasteiger partial charge in [-0.25, -0.2) is 0 Å². The van der Waals surface area contributed by atoms with Gasteiger partial charge < -0.3 is 10.0 Å². The highest BCUT2D eigenvalue weighted by molar-refractivity contribution is 5.79. The van der Waals surface area contributed by atoms with E-state index in [9.17, 15) is 5.11 Å². The Morgan fingerprint density at radius 3 is 3.05 bits per heavy atom. The second-order valence-corrected chi connectivity index (χ2v) is 6.32. The molecule has 2 aliphatic heterocycles. The van der Waals surface area contributed by atoms with E-state index >= 15 is 0 Å². The van der Waals surface area contributed by atoms with Gasteiger partial charge in [0.25, 0.3) is 0 Å². The summed E-state index contributed by atoms with van der Waals surface area (Å²) >= 11 is 0. The number of aromatic nitrogens is 1. The van der Waals surface area contributed by atoms with Gasteiger partial charge in [0.05, 0.1) is 11.1 Å². The highest BCUT2D eigenvalue weighted by Crippen LogP contribution is 2.43. The second-order valence-electron chi connectivity index (χ2n) is 6.32. The molecule has 2 aromatic rings. The number of nitrogens with zero attached hydrogens (tertiary/aromatic N) is 2. The lowest BCUT2D eigenvalue weighted by Gasteiger charge is -2.39. The minimum Gasteiger partial charge on any atom is -0.385 e. The quantitative estimate of drug-likeness (QED) is 0.863. The lowest BCUT2D eigenvalue weighted by atomic mass is 9.76. The summed E-state index contributed by atoms with van der Waals surface area (Å²) < 4.78 is 0. The van der Waals surface area contributed by atoms with Crippen LogP contribution in [0.1, 0.15) is 24.1 Å². The van der Waals surface area contributed by atoms with E-state index in [1.807, 2.05) is 13.0 Å². The first-order valence-corrected chi connectivity index (χ1v) is 7.48. The molecule has 3 heteroatoms. The monoisotopic (exact) mass is 268 g/mol. The number of aliphatic hydroxyl groups is 1. The lowest BCUT2D eigenvalue weighted by Crippen LogP contribution is -2.44. The Kier molecular flexibility index (Phi) is 2.63. The molecule has 0 saturated carbocycles. The Hall–Kier alpha value is -1.45. The fourth-order valence-corrected chi connectivity index (χ4v) is 3.84. The van der Waals surface area contributed by atoms with Gasteiger partial charge in [-0.15, -0.1) is 0 Å². The maximum Gasteiger partial charge on any atom is 0.0949 e. The Morgan fingerprint density at radius 1 is 1.25 bits per heavy atom. The molecule has 0 aliphatic carbocycles. The molecular weight excluding hydrogens is 248 g/mol. The predicted octanol–water partition coefficient (Wildman–Crippen LogP) is 2.46. The summed E-state index contributed by atoms with van der Waals surface area (Å²) in [5, 5.41) is 12.3. The van der Waals surface area contributed by atoms with E-state index in [4.69, 9.17) is 0 Å². The van der Waals surface area contributed by atoms with Crippen molar-refractivity contribution in [3.8, 4) is 0 Å². The van der Waals surface area contributed by atoms with Gasteiger partial charge in [0, 0.05) is 30.1 Å². The van der Waals surface area contributed by atoms with Crippen LogP contribution in [0.15, 0.2) is 30.3 Å². The normalized spacial score (nSPS) is 32.7. The van der Waals surface area contributed by atoms with E-state index in [-0.39, 0.29) is 0 Å². The molecule has 3 atom stereocenters. The number of pyridine rings is 1. The van der Waals surface area contributed by atoms with Crippen molar-refractivity contribution in [3.63, 3.8) is 0 Å². The van der Waals surface area contributed by atoms with Crippen LogP contribution in [-0.4, -0.2) is 34.6 Å². The number of aryl methyl sites for hydroxylation is 1. The standard InChI is InChI=1S/C17H20N2O/c1-12-2-3-13-10-14(4-5-16(13)18-12)17(20)7-9-19-8-6-15(17)11-19/h2-5,10,15,20H,6-9,11H2,1H3. The van der Waals surface area contributed by atoms with Gasteiger partial charge >= 0.3 is 0 Å². The van der Waals surface area contributed by atoms with Crippen molar-refractivity contribution in [2.75, 3.05) is 19.6 Å². The van der Waals surface area contributed by atoms with Crippen molar-refractivity contribution in [1.82, 2.24) is 9.88 Å². The van der Waals surface area contributed by atoms with Gasteiger partial charge in [-0.05, 0) is 50.1 Å². The first-order chi connectivity index (χ1) is 9.65. The van der Waals surface area contributed by atoms with Crippen LogP contribution >= 0.6 is 0 Å². The van der Waals surface area contributed by atoms with Gasteiger partial charge in [0.1, 0.15) is 0 Å². The van der Waals surface area contributed by atoms with Gasteiger partial charge in [-0.3, -0.25) is 4.98 Å². The molecule has 3 nitrogen and oxygen atoms in total. The van der Waals surface area contributed by atoms with Crippen LogP contribution in [0.25, 0.3) is 10.9 Å². The Bertz CT molecular complexity index is 669. The molecule has 1 N–H and O–H groups in total. The molecular formula is C17H20N2O. The SMILES string of the molecule is Cc1ccc2cc(C3(O)CCN4CCC3C4)ccc2n1. The minimum absolute atomic E-state index is 0.382. The van der Waals surface area contributed by atoms with E-state index in [1.54, 1.807) is 0 Å². The molecule has 3 heterocycles. The molecule has 2 aliphatic rings. The van der Waals surface area contributed by atoms with Crippen molar-refractivity contribution in [1.29, 1.82) is 0 Å². The topological polar surface area (TPSA) is 36.4 Å². The summed E-state index contributed by atoms with van der Waals surface area (Å²) in [5.41, 5.74) is 2.47. The second kappa shape index (κ2) is 4.27. The Labute approximate surface area is 119 Å². The Morgan fingerprint density at radius 2 is 2.15 bits per heavy atom. The third-order valence-corrected chi connectivity index (χ3v) is 5.09. The number of piperidine rings is 1. The first kappa shape index (κ1) is 12.3. The zero-order valence-corrected chi connectivity index (χ0v) is 11.8. The number of benzene rings is 1. The molecule has 0 radical (unpaired) electrons. The number of rotatable bonds is 1. The molecule has 2 fully saturated rings. The van der Waals surface area contributed by atoms with Gasteiger partial charge in [-0.1, -0.05) is 12.1 Å². The third kappa shape index (κ3) is 1.77. The molecule has 2 bridgehead atoms. The number of hydrogen-bond acceptors (Lipinski definition) is 3.